The van der Waals surface area contributed by atoms with Crippen LogP contribution < -0.4 is 5.32 Å². The molecule has 0 bridgehead atoms. The number of amides is 4. The van der Waals surface area contributed by atoms with Crippen molar-refractivity contribution in [2.24, 2.45) is 0 Å². The molecule has 8 heteroatoms. The van der Waals surface area contributed by atoms with Crippen LogP contribution in [-0.2, 0) is 19.1 Å². The van der Waals surface area contributed by atoms with Crippen LogP contribution in [-0.4, -0.2) is 64.4 Å². The van der Waals surface area contributed by atoms with Crippen LogP contribution in [0.2, 0.25) is 0 Å². The zero-order valence-corrected chi connectivity index (χ0v) is 17.6. The van der Waals surface area contributed by atoms with Crippen LogP contribution >= 0.6 is 0 Å². The maximum Gasteiger partial charge on any atom is 0.326 e. The minimum absolute atomic E-state index is 0.158. The second kappa shape index (κ2) is 9.13. The summed E-state index contributed by atoms with van der Waals surface area (Å²) >= 11 is 0. The minimum Gasteiger partial charge on any atom is -0.454 e. The van der Waals surface area contributed by atoms with E-state index in [4.69, 9.17) is 4.74 Å². The molecule has 0 aromatic carbocycles. The standard InChI is InChI=1S/C21H33N3O5/c1-21(2)19(27)23(20(28)22-21)13-18(26)29-14-17(25)24(15-9-5-3-6-10-15)16-11-7-4-8-12-16/h15-16H,3-14H2,1-2H3,(H,22,28). The van der Waals surface area contributed by atoms with Gasteiger partial charge in [0.25, 0.3) is 11.8 Å². The topological polar surface area (TPSA) is 96.0 Å². The summed E-state index contributed by atoms with van der Waals surface area (Å²) in [6, 6.07) is -0.163. The molecule has 0 radical (unpaired) electrons. The van der Waals surface area contributed by atoms with Crippen molar-refractivity contribution >= 4 is 23.8 Å². The van der Waals surface area contributed by atoms with Gasteiger partial charge in [-0.15, -0.1) is 0 Å². The summed E-state index contributed by atoms with van der Waals surface area (Å²) in [5.74, 6) is -1.38. The van der Waals surface area contributed by atoms with Crippen LogP contribution in [0.3, 0.4) is 0 Å². The lowest BCUT2D eigenvalue weighted by Crippen LogP contribution is -2.50. The van der Waals surface area contributed by atoms with Crippen LogP contribution in [0, 0.1) is 0 Å². The summed E-state index contributed by atoms with van der Waals surface area (Å²) < 4.78 is 5.19. The summed E-state index contributed by atoms with van der Waals surface area (Å²) in [5, 5.41) is 2.52. The maximum absolute atomic E-state index is 13.0. The number of urea groups is 1. The molecule has 1 N–H and O–H groups in total. The van der Waals surface area contributed by atoms with E-state index in [2.05, 4.69) is 5.32 Å². The molecule has 1 heterocycles. The highest BCUT2D eigenvalue weighted by atomic mass is 16.5. The molecule has 1 saturated heterocycles. The second-order valence-electron chi connectivity index (χ2n) is 8.99. The van der Waals surface area contributed by atoms with Gasteiger partial charge >= 0.3 is 12.0 Å². The Morgan fingerprint density at radius 1 is 1.00 bits per heavy atom. The highest BCUT2D eigenvalue weighted by Gasteiger charge is 2.45. The molecule has 1 aliphatic heterocycles. The summed E-state index contributed by atoms with van der Waals surface area (Å²) in [7, 11) is 0. The van der Waals surface area contributed by atoms with Crippen LogP contribution in [0.5, 0.6) is 0 Å². The first-order valence-corrected chi connectivity index (χ1v) is 10.9. The molecule has 4 amide bonds. The first-order valence-electron chi connectivity index (χ1n) is 10.9. The van der Waals surface area contributed by atoms with Gasteiger partial charge in [-0.05, 0) is 39.5 Å². The SMILES string of the molecule is CC1(C)NC(=O)N(CC(=O)OCC(=O)N(C2CCCCC2)C2CCCCC2)C1=O. The minimum atomic E-state index is -1.04. The average Bonchev–Trinajstić information content (AvgIpc) is 2.90. The zero-order chi connectivity index (χ0) is 21.0. The molecule has 8 nitrogen and oxygen atoms in total. The quantitative estimate of drug-likeness (QED) is 0.539. The van der Waals surface area contributed by atoms with Gasteiger partial charge in [0, 0.05) is 12.1 Å². The number of nitrogens with zero attached hydrogens (tertiary/aromatic N) is 2. The van der Waals surface area contributed by atoms with E-state index in [-0.39, 0.29) is 24.6 Å². The van der Waals surface area contributed by atoms with E-state index in [9.17, 15) is 19.2 Å². The van der Waals surface area contributed by atoms with Gasteiger partial charge in [0.1, 0.15) is 12.1 Å². The van der Waals surface area contributed by atoms with Crippen molar-refractivity contribution in [3.63, 3.8) is 0 Å². The van der Waals surface area contributed by atoms with Gasteiger partial charge in [-0.1, -0.05) is 38.5 Å². The molecule has 2 saturated carbocycles. The molecule has 0 aromatic heterocycles. The normalized spacial score (nSPS) is 23.0. The molecular formula is C21H33N3O5. The lowest BCUT2D eigenvalue weighted by Gasteiger charge is -2.41. The van der Waals surface area contributed by atoms with Crippen molar-refractivity contribution in [3.8, 4) is 0 Å². The van der Waals surface area contributed by atoms with Gasteiger partial charge in [0.15, 0.2) is 6.61 Å². The summed E-state index contributed by atoms with van der Waals surface area (Å²) in [4.78, 5) is 52.1. The van der Waals surface area contributed by atoms with E-state index < -0.39 is 30.0 Å². The molecule has 3 fully saturated rings. The van der Waals surface area contributed by atoms with Crippen molar-refractivity contribution in [2.75, 3.05) is 13.2 Å². The summed E-state index contributed by atoms with van der Waals surface area (Å²) in [6.45, 7) is 2.34. The monoisotopic (exact) mass is 407 g/mol. The molecule has 3 rings (SSSR count). The molecule has 2 aliphatic carbocycles. The first-order chi connectivity index (χ1) is 13.8. The van der Waals surface area contributed by atoms with E-state index in [0.29, 0.717) is 0 Å². The van der Waals surface area contributed by atoms with E-state index in [0.717, 1.165) is 56.3 Å². The van der Waals surface area contributed by atoms with Crippen molar-refractivity contribution in [1.82, 2.24) is 15.1 Å². The Balaban J connectivity index is 1.57. The Morgan fingerprint density at radius 2 is 1.52 bits per heavy atom. The lowest BCUT2D eigenvalue weighted by molar-refractivity contribution is -0.156. The highest BCUT2D eigenvalue weighted by Crippen LogP contribution is 2.30. The predicted molar refractivity (Wildman–Crippen MR) is 106 cm³/mol. The van der Waals surface area contributed by atoms with E-state index >= 15 is 0 Å². The summed E-state index contributed by atoms with van der Waals surface area (Å²) in [5.41, 5.74) is -1.04. The number of ether oxygens (including phenoxy) is 1. The fraction of sp³-hybridized carbons (Fsp3) is 0.810. The number of hydrogen-bond acceptors (Lipinski definition) is 5. The smallest absolute Gasteiger partial charge is 0.326 e. The maximum atomic E-state index is 13.0. The molecular weight excluding hydrogens is 374 g/mol. The van der Waals surface area contributed by atoms with E-state index in [1.54, 1.807) is 13.8 Å². The first kappa shape index (κ1) is 21.6. The molecule has 162 valence electrons. The molecule has 0 atom stereocenters. The van der Waals surface area contributed by atoms with Crippen LogP contribution in [0.15, 0.2) is 0 Å². The van der Waals surface area contributed by atoms with Crippen LogP contribution in [0.1, 0.15) is 78.1 Å². The Labute approximate surface area is 172 Å². The van der Waals surface area contributed by atoms with Crippen molar-refractivity contribution in [3.05, 3.63) is 0 Å². The fourth-order valence-electron chi connectivity index (χ4n) is 4.78. The number of esters is 1. The number of rotatable bonds is 6. The Bertz CT molecular complexity index is 633. The second-order valence-corrected chi connectivity index (χ2v) is 8.99. The van der Waals surface area contributed by atoms with Gasteiger partial charge in [0.2, 0.25) is 0 Å². The van der Waals surface area contributed by atoms with Gasteiger partial charge < -0.3 is 15.0 Å². The Kier molecular flexibility index (Phi) is 6.80. The third kappa shape index (κ3) is 5.08. The predicted octanol–water partition coefficient (Wildman–Crippen LogP) is 2.35. The van der Waals surface area contributed by atoms with Gasteiger partial charge in [0.05, 0.1) is 0 Å². The lowest BCUT2D eigenvalue weighted by atomic mass is 9.88. The van der Waals surface area contributed by atoms with Crippen molar-refractivity contribution < 1.29 is 23.9 Å². The fourth-order valence-corrected chi connectivity index (χ4v) is 4.78. The molecule has 3 aliphatic rings. The van der Waals surface area contributed by atoms with Crippen LogP contribution in [0.25, 0.3) is 0 Å². The third-order valence-electron chi connectivity index (χ3n) is 6.31. The van der Waals surface area contributed by atoms with Gasteiger partial charge in [-0.2, -0.15) is 0 Å². The van der Waals surface area contributed by atoms with Crippen molar-refractivity contribution in [2.45, 2.75) is 95.7 Å². The van der Waals surface area contributed by atoms with Gasteiger partial charge in [-0.3, -0.25) is 19.3 Å². The zero-order valence-electron chi connectivity index (χ0n) is 17.6. The van der Waals surface area contributed by atoms with E-state index in [1.807, 2.05) is 4.90 Å². The number of nitrogens with one attached hydrogen (secondary N) is 1. The Morgan fingerprint density at radius 3 is 1.97 bits per heavy atom. The average molecular weight is 408 g/mol. The van der Waals surface area contributed by atoms with E-state index in [1.165, 1.54) is 12.8 Å². The molecule has 0 aromatic rings. The molecule has 0 unspecified atom stereocenters. The number of imide groups is 1. The molecule has 29 heavy (non-hydrogen) atoms. The largest absolute Gasteiger partial charge is 0.454 e. The summed E-state index contributed by atoms with van der Waals surface area (Å²) in [6.07, 6.45) is 11.0. The number of hydrogen-bond donors (Lipinski definition) is 1. The number of carbonyl (C=O) groups is 4. The molecule has 0 spiro atoms. The van der Waals surface area contributed by atoms with Crippen LogP contribution in [0.4, 0.5) is 4.79 Å². The Hall–Kier alpha value is -2.12. The van der Waals surface area contributed by atoms with Crippen molar-refractivity contribution in [1.29, 1.82) is 0 Å². The van der Waals surface area contributed by atoms with Gasteiger partial charge in [-0.25, -0.2) is 4.79 Å². The number of carbonyl (C=O) groups excluding carboxylic acids is 4. The highest BCUT2D eigenvalue weighted by molar-refractivity contribution is 6.08. The third-order valence-corrected chi connectivity index (χ3v) is 6.31.